The van der Waals surface area contributed by atoms with Crippen LogP contribution in [-0.4, -0.2) is 34.6 Å². The van der Waals surface area contributed by atoms with Crippen LogP contribution in [0.2, 0.25) is 0 Å². The first-order chi connectivity index (χ1) is 13.5. The number of nitrogens with zero attached hydrogens (tertiary/aromatic N) is 3. The van der Waals surface area contributed by atoms with Gasteiger partial charge in [-0.25, -0.2) is 4.98 Å². The zero-order chi connectivity index (χ0) is 20.1. The van der Waals surface area contributed by atoms with Crippen LogP contribution < -0.4 is 10.5 Å². The third-order valence-corrected chi connectivity index (χ3v) is 4.32. The third kappa shape index (κ3) is 4.09. The number of anilines is 1. The number of para-hydroxylation sites is 2. The van der Waals surface area contributed by atoms with Gasteiger partial charge in [0, 0.05) is 5.69 Å². The van der Waals surface area contributed by atoms with Crippen LogP contribution in [0.3, 0.4) is 0 Å². The molecule has 0 unspecified atom stereocenters. The molecule has 0 aliphatic carbocycles. The summed E-state index contributed by atoms with van der Waals surface area (Å²) in [7, 11) is 0. The molecule has 0 spiro atoms. The fraction of sp³-hybridized carbons (Fsp3) is 0.238. The Morgan fingerprint density at radius 2 is 1.86 bits per heavy atom. The summed E-state index contributed by atoms with van der Waals surface area (Å²) < 4.78 is 6.23. The van der Waals surface area contributed by atoms with Gasteiger partial charge in [-0.3, -0.25) is 23.9 Å². The van der Waals surface area contributed by atoms with Crippen molar-refractivity contribution in [1.29, 1.82) is 0 Å². The maximum absolute atomic E-state index is 12.9. The molecule has 3 aromatic rings. The Hall–Kier alpha value is -3.48. The van der Waals surface area contributed by atoms with Gasteiger partial charge < -0.3 is 4.74 Å². The molecule has 0 saturated carbocycles. The van der Waals surface area contributed by atoms with Crippen molar-refractivity contribution in [2.45, 2.75) is 20.4 Å². The van der Waals surface area contributed by atoms with Crippen LogP contribution in [-0.2, 0) is 20.9 Å². The van der Waals surface area contributed by atoms with Crippen molar-refractivity contribution in [3.05, 3.63) is 70.8 Å². The van der Waals surface area contributed by atoms with Gasteiger partial charge in [0.25, 0.3) is 5.56 Å². The van der Waals surface area contributed by atoms with E-state index >= 15 is 0 Å². The van der Waals surface area contributed by atoms with E-state index in [1.54, 1.807) is 43.3 Å². The van der Waals surface area contributed by atoms with Gasteiger partial charge in [0.15, 0.2) is 0 Å². The van der Waals surface area contributed by atoms with E-state index in [0.717, 1.165) is 5.56 Å². The first kappa shape index (κ1) is 19.3. The maximum Gasteiger partial charge on any atom is 0.326 e. The number of amides is 1. The average Bonchev–Trinajstić information content (AvgIpc) is 2.69. The number of esters is 1. The first-order valence-corrected chi connectivity index (χ1v) is 8.97. The molecule has 7 nitrogen and oxygen atoms in total. The van der Waals surface area contributed by atoms with Crippen LogP contribution in [0, 0.1) is 6.92 Å². The van der Waals surface area contributed by atoms with Gasteiger partial charge in [0.1, 0.15) is 13.1 Å². The van der Waals surface area contributed by atoms with Crippen LogP contribution >= 0.6 is 0 Å². The fourth-order valence-electron chi connectivity index (χ4n) is 2.95. The van der Waals surface area contributed by atoms with E-state index in [9.17, 15) is 14.4 Å². The summed E-state index contributed by atoms with van der Waals surface area (Å²) in [6, 6.07) is 14.2. The molecule has 0 fully saturated rings. The molecular formula is C21H21N3O4. The largest absolute Gasteiger partial charge is 0.465 e. The van der Waals surface area contributed by atoms with Crippen LogP contribution in [0.25, 0.3) is 10.9 Å². The van der Waals surface area contributed by atoms with Crippen LogP contribution in [0.5, 0.6) is 0 Å². The van der Waals surface area contributed by atoms with Crippen molar-refractivity contribution in [2.24, 2.45) is 0 Å². The Morgan fingerprint density at radius 1 is 1.11 bits per heavy atom. The van der Waals surface area contributed by atoms with Crippen molar-refractivity contribution in [2.75, 3.05) is 18.1 Å². The number of benzene rings is 2. The smallest absolute Gasteiger partial charge is 0.326 e. The number of carbonyl (C=O) groups excluding carboxylic acids is 2. The van der Waals surface area contributed by atoms with E-state index < -0.39 is 11.9 Å². The highest BCUT2D eigenvalue weighted by Gasteiger charge is 2.21. The molecule has 2 aromatic carbocycles. The van der Waals surface area contributed by atoms with Crippen molar-refractivity contribution in [1.82, 2.24) is 9.55 Å². The van der Waals surface area contributed by atoms with Gasteiger partial charge in [-0.1, -0.05) is 30.3 Å². The van der Waals surface area contributed by atoms with E-state index in [-0.39, 0.29) is 25.3 Å². The van der Waals surface area contributed by atoms with Gasteiger partial charge in [-0.2, -0.15) is 0 Å². The maximum atomic E-state index is 12.9. The molecule has 28 heavy (non-hydrogen) atoms. The summed E-state index contributed by atoms with van der Waals surface area (Å²) >= 11 is 0. The Kier molecular flexibility index (Phi) is 5.84. The summed E-state index contributed by atoms with van der Waals surface area (Å²) in [4.78, 5) is 43.3. The molecule has 0 atom stereocenters. The highest BCUT2D eigenvalue weighted by atomic mass is 16.5. The number of hydrogen-bond acceptors (Lipinski definition) is 5. The molecule has 7 heteroatoms. The van der Waals surface area contributed by atoms with E-state index in [1.807, 2.05) is 19.1 Å². The number of hydrogen-bond donors (Lipinski definition) is 0. The predicted octanol–water partition coefficient (Wildman–Crippen LogP) is 2.30. The lowest BCUT2D eigenvalue weighted by Crippen LogP contribution is -2.40. The molecule has 0 aliphatic heterocycles. The van der Waals surface area contributed by atoms with Gasteiger partial charge in [0.2, 0.25) is 5.91 Å². The Morgan fingerprint density at radius 3 is 2.57 bits per heavy atom. The molecule has 0 radical (unpaired) electrons. The third-order valence-electron chi connectivity index (χ3n) is 4.32. The SMILES string of the molecule is CCOC(=O)CN(C(=O)Cn1cnc2c(C)cccc2c1=O)c1ccccc1. The van der Waals surface area contributed by atoms with E-state index in [0.29, 0.717) is 16.6 Å². The topological polar surface area (TPSA) is 81.5 Å². The first-order valence-electron chi connectivity index (χ1n) is 8.97. The lowest BCUT2D eigenvalue weighted by molar-refractivity contribution is -0.142. The van der Waals surface area contributed by atoms with Crippen LogP contribution in [0.1, 0.15) is 12.5 Å². The summed E-state index contributed by atoms with van der Waals surface area (Å²) in [5.41, 5.74) is 1.76. The van der Waals surface area contributed by atoms with E-state index in [2.05, 4.69) is 4.98 Å². The van der Waals surface area contributed by atoms with E-state index in [4.69, 9.17) is 4.74 Å². The van der Waals surface area contributed by atoms with Gasteiger partial charge in [-0.05, 0) is 37.6 Å². The molecule has 0 saturated heterocycles. The predicted molar refractivity (Wildman–Crippen MR) is 106 cm³/mol. The highest BCUT2D eigenvalue weighted by Crippen LogP contribution is 2.15. The zero-order valence-corrected chi connectivity index (χ0v) is 15.8. The second kappa shape index (κ2) is 8.47. The fourth-order valence-corrected chi connectivity index (χ4v) is 2.95. The second-order valence-electron chi connectivity index (χ2n) is 6.27. The minimum absolute atomic E-state index is 0.225. The average molecular weight is 379 g/mol. The highest BCUT2D eigenvalue weighted by molar-refractivity contribution is 5.97. The zero-order valence-electron chi connectivity index (χ0n) is 15.8. The summed E-state index contributed by atoms with van der Waals surface area (Å²) in [6.07, 6.45) is 1.36. The second-order valence-corrected chi connectivity index (χ2v) is 6.27. The van der Waals surface area contributed by atoms with Crippen molar-refractivity contribution < 1.29 is 14.3 Å². The van der Waals surface area contributed by atoms with Gasteiger partial charge >= 0.3 is 5.97 Å². The minimum atomic E-state index is -0.515. The van der Waals surface area contributed by atoms with Crippen molar-refractivity contribution in [3.63, 3.8) is 0 Å². The molecule has 0 N–H and O–H groups in total. The molecule has 1 aromatic heterocycles. The Bertz CT molecular complexity index is 1060. The number of fused-ring (bicyclic) bond motifs is 1. The standard InChI is InChI=1S/C21H21N3O4/c1-3-28-19(26)13-24(16-9-5-4-6-10-16)18(25)12-23-14-22-20-15(2)8-7-11-17(20)21(23)27/h4-11,14H,3,12-13H2,1-2H3. The van der Waals surface area contributed by atoms with E-state index in [1.165, 1.54) is 15.8 Å². The number of rotatable bonds is 6. The van der Waals surface area contributed by atoms with Crippen molar-refractivity contribution >= 4 is 28.5 Å². The van der Waals surface area contributed by atoms with Crippen molar-refractivity contribution in [3.8, 4) is 0 Å². The number of carbonyl (C=O) groups is 2. The minimum Gasteiger partial charge on any atom is -0.465 e. The van der Waals surface area contributed by atoms with Gasteiger partial charge in [-0.15, -0.1) is 0 Å². The molecular weight excluding hydrogens is 358 g/mol. The summed E-state index contributed by atoms with van der Waals surface area (Å²) in [6.45, 7) is 3.34. The molecule has 1 heterocycles. The summed E-state index contributed by atoms with van der Waals surface area (Å²) in [5, 5.41) is 0.451. The quantitative estimate of drug-likeness (QED) is 0.614. The van der Waals surface area contributed by atoms with Crippen LogP contribution in [0.15, 0.2) is 59.7 Å². The Labute approximate surface area is 162 Å². The van der Waals surface area contributed by atoms with Gasteiger partial charge in [0.05, 0.1) is 23.8 Å². The van der Waals surface area contributed by atoms with Crippen LogP contribution in [0.4, 0.5) is 5.69 Å². The number of ether oxygens (including phenoxy) is 1. The number of aryl methyl sites for hydroxylation is 1. The molecule has 0 aliphatic rings. The normalized spacial score (nSPS) is 10.6. The number of aromatic nitrogens is 2. The molecule has 1 amide bonds. The lowest BCUT2D eigenvalue weighted by Gasteiger charge is -2.22. The summed E-state index contributed by atoms with van der Waals surface area (Å²) in [5.74, 6) is -0.922. The molecule has 0 bridgehead atoms. The molecule has 144 valence electrons. The lowest BCUT2D eigenvalue weighted by atomic mass is 10.1. The monoisotopic (exact) mass is 379 g/mol. The Balaban J connectivity index is 1.91. The molecule has 3 rings (SSSR count).